The van der Waals surface area contributed by atoms with Gasteiger partial charge in [0, 0.05) is 51.3 Å². The standard InChI is InChI=1S/C26H23BrClFN2O2S/c1-31-16-30-26-23(31)14-20(21(25(26)29)12-17-8-9-18(27)13-22(17)28)24(32)15-33-10-5-11-34-19-6-3-2-4-7-19/h2-4,6-9,13-14,16H,5,10-12,15H2,1H3. The number of halogens is 3. The van der Waals surface area contributed by atoms with Crippen molar-refractivity contribution in [3.63, 3.8) is 0 Å². The highest BCUT2D eigenvalue weighted by molar-refractivity contribution is 9.10. The van der Waals surface area contributed by atoms with E-state index >= 15 is 4.39 Å². The fourth-order valence-electron chi connectivity index (χ4n) is 3.65. The Morgan fingerprint density at radius 2 is 2.00 bits per heavy atom. The Balaban J connectivity index is 1.47. The van der Waals surface area contributed by atoms with Crippen molar-refractivity contribution in [2.45, 2.75) is 17.7 Å². The zero-order chi connectivity index (χ0) is 24.1. The molecule has 0 aliphatic carbocycles. The minimum Gasteiger partial charge on any atom is -0.373 e. The Labute approximate surface area is 215 Å². The number of hydrogen-bond donors (Lipinski definition) is 0. The zero-order valence-electron chi connectivity index (χ0n) is 18.6. The number of hydrogen-bond acceptors (Lipinski definition) is 4. The first-order valence-corrected chi connectivity index (χ1v) is 12.9. The Bertz CT molecular complexity index is 1310. The minimum absolute atomic E-state index is 0.111. The summed E-state index contributed by atoms with van der Waals surface area (Å²) in [7, 11) is 1.77. The van der Waals surface area contributed by atoms with Gasteiger partial charge in [0.25, 0.3) is 0 Å². The molecular formula is C26H23BrClFN2O2S. The van der Waals surface area contributed by atoms with Crippen molar-refractivity contribution in [1.82, 2.24) is 9.55 Å². The molecule has 0 unspecified atom stereocenters. The average molecular weight is 562 g/mol. The molecule has 1 aromatic heterocycles. The largest absolute Gasteiger partial charge is 0.373 e. The van der Waals surface area contributed by atoms with Crippen LogP contribution in [-0.2, 0) is 18.2 Å². The SMILES string of the molecule is Cn1cnc2c(F)c(Cc3ccc(Br)cc3Cl)c(C(=O)COCCCSc3ccccc3)cc21. The molecule has 0 amide bonds. The molecule has 8 heteroatoms. The van der Waals surface area contributed by atoms with E-state index in [1.165, 1.54) is 4.90 Å². The van der Waals surface area contributed by atoms with Crippen LogP contribution in [0, 0.1) is 5.82 Å². The van der Waals surface area contributed by atoms with Crippen molar-refractivity contribution in [3.8, 4) is 0 Å². The lowest BCUT2D eigenvalue weighted by molar-refractivity contribution is 0.0761. The van der Waals surface area contributed by atoms with Crippen LogP contribution in [-0.4, -0.2) is 34.3 Å². The molecule has 0 N–H and O–H groups in total. The maximum absolute atomic E-state index is 15.5. The smallest absolute Gasteiger partial charge is 0.188 e. The number of fused-ring (bicyclic) bond motifs is 1. The average Bonchev–Trinajstić information content (AvgIpc) is 3.20. The molecule has 0 bridgehead atoms. The monoisotopic (exact) mass is 560 g/mol. The van der Waals surface area contributed by atoms with Gasteiger partial charge in [-0.25, -0.2) is 9.37 Å². The summed E-state index contributed by atoms with van der Waals surface area (Å²) in [5.74, 6) is 0.127. The van der Waals surface area contributed by atoms with Gasteiger partial charge in [-0.3, -0.25) is 4.79 Å². The number of carbonyl (C=O) groups excluding carboxylic acids is 1. The highest BCUT2D eigenvalue weighted by Gasteiger charge is 2.22. The third-order valence-electron chi connectivity index (χ3n) is 5.42. The van der Waals surface area contributed by atoms with Crippen LogP contribution in [0.1, 0.15) is 27.9 Å². The van der Waals surface area contributed by atoms with Gasteiger partial charge in [0.2, 0.25) is 0 Å². The number of ketones is 1. The number of benzene rings is 3. The normalized spacial score (nSPS) is 11.3. The molecule has 3 aromatic carbocycles. The van der Waals surface area contributed by atoms with E-state index < -0.39 is 5.82 Å². The van der Waals surface area contributed by atoms with Gasteiger partial charge in [0.05, 0.1) is 11.8 Å². The number of aromatic nitrogens is 2. The number of ether oxygens (including phenoxy) is 1. The van der Waals surface area contributed by atoms with Crippen LogP contribution in [0.25, 0.3) is 11.0 Å². The molecule has 0 radical (unpaired) electrons. The number of imidazole rings is 1. The minimum atomic E-state index is -0.500. The molecule has 0 saturated carbocycles. The molecule has 176 valence electrons. The van der Waals surface area contributed by atoms with Crippen LogP contribution >= 0.6 is 39.3 Å². The van der Waals surface area contributed by atoms with Crippen LogP contribution in [0.5, 0.6) is 0 Å². The van der Waals surface area contributed by atoms with Crippen molar-refractivity contribution in [1.29, 1.82) is 0 Å². The van der Waals surface area contributed by atoms with E-state index in [1.807, 2.05) is 30.3 Å². The van der Waals surface area contributed by atoms with E-state index in [9.17, 15) is 4.79 Å². The van der Waals surface area contributed by atoms with Crippen LogP contribution in [0.4, 0.5) is 4.39 Å². The van der Waals surface area contributed by atoms with Gasteiger partial charge in [-0.15, -0.1) is 11.8 Å². The molecule has 4 aromatic rings. The van der Waals surface area contributed by atoms with E-state index in [4.69, 9.17) is 16.3 Å². The van der Waals surface area contributed by atoms with E-state index in [0.29, 0.717) is 22.7 Å². The molecule has 1 heterocycles. The highest BCUT2D eigenvalue weighted by Crippen LogP contribution is 2.30. The Kier molecular flexibility index (Phi) is 8.42. The second-order valence-corrected chi connectivity index (χ2v) is 10.3. The third kappa shape index (κ3) is 5.89. The first-order chi connectivity index (χ1) is 16.4. The van der Waals surface area contributed by atoms with E-state index in [-0.39, 0.29) is 29.9 Å². The van der Waals surface area contributed by atoms with Crippen molar-refractivity contribution < 1.29 is 13.9 Å². The Morgan fingerprint density at radius 3 is 2.76 bits per heavy atom. The van der Waals surface area contributed by atoms with Crippen molar-refractivity contribution in [3.05, 3.63) is 92.9 Å². The topological polar surface area (TPSA) is 44.1 Å². The van der Waals surface area contributed by atoms with Crippen molar-refractivity contribution >= 4 is 56.1 Å². The molecule has 0 aliphatic rings. The molecule has 0 saturated heterocycles. The molecular weight excluding hydrogens is 539 g/mol. The Hall–Kier alpha value is -2.19. The highest BCUT2D eigenvalue weighted by atomic mass is 79.9. The third-order valence-corrected chi connectivity index (χ3v) is 7.37. The molecule has 0 atom stereocenters. The quantitative estimate of drug-likeness (QED) is 0.118. The number of rotatable bonds is 10. The summed E-state index contributed by atoms with van der Waals surface area (Å²) in [5.41, 5.74) is 2.11. The van der Waals surface area contributed by atoms with Crippen LogP contribution in [0.3, 0.4) is 0 Å². The molecule has 0 aliphatic heterocycles. The van der Waals surface area contributed by atoms with E-state index in [0.717, 1.165) is 22.2 Å². The van der Waals surface area contributed by atoms with Gasteiger partial charge in [0.15, 0.2) is 11.6 Å². The predicted octanol–water partition coefficient (Wildman–Crippen LogP) is 7.10. The summed E-state index contributed by atoms with van der Waals surface area (Å²) >= 11 is 11.5. The fraction of sp³-hybridized carbons (Fsp3) is 0.231. The molecule has 4 rings (SSSR count). The zero-order valence-corrected chi connectivity index (χ0v) is 21.7. The van der Waals surface area contributed by atoms with E-state index in [2.05, 4.69) is 33.0 Å². The van der Waals surface area contributed by atoms with Gasteiger partial charge < -0.3 is 9.30 Å². The second-order valence-electron chi connectivity index (χ2n) is 7.84. The molecule has 0 spiro atoms. The Morgan fingerprint density at radius 1 is 1.21 bits per heavy atom. The predicted molar refractivity (Wildman–Crippen MR) is 140 cm³/mol. The number of Topliss-reactive ketones (excluding diaryl/α,β-unsaturated/α-hetero) is 1. The fourth-order valence-corrected chi connectivity index (χ4v) is 5.24. The number of thioether (sulfide) groups is 1. The van der Waals surface area contributed by atoms with Crippen molar-refractivity contribution in [2.75, 3.05) is 19.0 Å². The first kappa shape index (κ1) is 24.9. The summed E-state index contributed by atoms with van der Waals surface area (Å²) in [4.78, 5) is 18.5. The van der Waals surface area contributed by atoms with E-state index in [1.54, 1.807) is 41.8 Å². The number of aryl methyl sites for hydroxylation is 1. The molecule has 0 fully saturated rings. The van der Waals surface area contributed by atoms with Crippen LogP contribution in [0.2, 0.25) is 5.02 Å². The number of carbonyl (C=O) groups is 1. The van der Waals surface area contributed by atoms with Gasteiger partial charge >= 0.3 is 0 Å². The lowest BCUT2D eigenvalue weighted by Gasteiger charge is -2.13. The maximum Gasteiger partial charge on any atom is 0.188 e. The molecule has 34 heavy (non-hydrogen) atoms. The lowest BCUT2D eigenvalue weighted by Crippen LogP contribution is -2.14. The summed E-state index contributed by atoms with van der Waals surface area (Å²) in [6, 6.07) is 17.3. The van der Waals surface area contributed by atoms with Crippen LogP contribution in [0.15, 0.2) is 70.3 Å². The first-order valence-electron chi connectivity index (χ1n) is 10.8. The second kappa shape index (κ2) is 11.5. The van der Waals surface area contributed by atoms with Gasteiger partial charge in [-0.2, -0.15) is 0 Å². The van der Waals surface area contributed by atoms with Gasteiger partial charge in [-0.05, 0) is 42.3 Å². The summed E-state index contributed by atoms with van der Waals surface area (Å²) in [5, 5.41) is 0.500. The summed E-state index contributed by atoms with van der Waals surface area (Å²) in [6.45, 7) is 0.343. The van der Waals surface area contributed by atoms with Gasteiger partial charge in [0.1, 0.15) is 12.1 Å². The van der Waals surface area contributed by atoms with Gasteiger partial charge in [-0.1, -0.05) is 51.8 Å². The lowest BCUT2D eigenvalue weighted by atomic mass is 9.95. The van der Waals surface area contributed by atoms with Crippen LogP contribution < -0.4 is 0 Å². The maximum atomic E-state index is 15.5. The van der Waals surface area contributed by atoms with Crippen molar-refractivity contribution in [2.24, 2.45) is 7.05 Å². The summed E-state index contributed by atoms with van der Waals surface area (Å²) in [6.07, 6.45) is 2.53. The summed E-state index contributed by atoms with van der Waals surface area (Å²) < 4.78 is 23.7. The number of nitrogens with zero attached hydrogens (tertiary/aromatic N) is 2. The molecule has 4 nitrogen and oxygen atoms in total.